The number of dihydropyridines is 2. The average Bonchev–Trinajstić information content (AvgIpc) is 3.72. The first kappa shape index (κ1) is 26.8. The standard InChI is InChI=1S/C39H34N6O/c1-2-6-28(7-3-1)39-44-31-14-15-35-36(37(31)46-39)30-8-4-5-9-34(30)45(35)29-12-10-25(11-13-29)32-24-33(26-16-20-40-21-17-26)43-38(42-32)27-18-22-41-23-19-27/h1-20,22,30,33-34,39-41,44H,21,23-24H2. The number of aliphatic imine (C=N–C) groups is 2. The summed E-state index contributed by atoms with van der Waals surface area (Å²) in [6, 6.07) is 23.9. The number of nitrogens with one attached hydrogen (secondary N) is 3. The fraction of sp³-hybridized carbons (Fsp3) is 0.179. The molecular weight excluding hydrogens is 568 g/mol. The lowest BCUT2D eigenvalue weighted by Gasteiger charge is -2.29. The van der Waals surface area contributed by atoms with E-state index in [0.29, 0.717) is 0 Å². The summed E-state index contributed by atoms with van der Waals surface area (Å²) >= 11 is 0. The van der Waals surface area contributed by atoms with Crippen LogP contribution in [0.2, 0.25) is 0 Å². The third-order valence-corrected chi connectivity index (χ3v) is 9.49. The molecule has 0 radical (unpaired) electrons. The Balaban J connectivity index is 1.05. The summed E-state index contributed by atoms with van der Waals surface area (Å²) in [7, 11) is 0. The maximum Gasteiger partial charge on any atom is 0.196 e. The van der Waals surface area contributed by atoms with Crippen molar-refractivity contribution in [2.75, 3.05) is 23.3 Å². The normalized spacial score (nSPS) is 25.1. The van der Waals surface area contributed by atoms with Crippen LogP contribution in [-0.2, 0) is 0 Å². The number of hydrogen-bond acceptors (Lipinski definition) is 7. The van der Waals surface area contributed by atoms with Crippen LogP contribution in [0.25, 0.3) is 0 Å². The van der Waals surface area contributed by atoms with Crippen molar-refractivity contribution in [3.63, 3.8) is 0 Å². The molecule has 3 aromatic rings. The van der Waals surface area contributed by atoms with E-state index >= 15 is 0 Å². The van der Waals surface area contributed by atoms with Gasteiger partial charge in [-0.25, -0.2) is 4.99 Å². The molecular formula is C39H34N6O. The zero-order valence-corrected chi connectivity index (χ0v) is 25.3. The molecule has 5 heterocycles. The molecule has 1 aliphatic carbocycles. The summed E-state index contributed by atoms with van der Waals surface area (Å²) in [5, 5.41) is 10.1. The number of ether oxygens (including phenoxy) is 1. The minimum absolute atomic E-state index is 0.0329. The highest BCUT2D eigenvalue weighted by molar-refractivity contribution is 6.15. The van der Waals surface area contributed by atoms with Crippen molar-refractivity contribution in [3.05, 3.63) is 156 Å². The first-order valence-electron chi connectivity index (χ1n) is 16.1. The molecule has 0 amide bonds. The molecule has 7 heteroatoms. The van der Waals surface area contributed by atoms with Crippen LogP contribution < -0.4 is 25.6 Å². The zero-order chi connectivity index (χ0) is 30.5. The molecule has 0 saturated carbocycles. The Bertz CT molecular complexity index is 1950. The van der Waals surface area contributed by atoms with Gasteiger partial charge in [-0.2, -0.15) is 0 Å². The monoisotopic (exact) mass is 602 g/mol. The molecule has 0 saturated heterocycles. The SMILES string of the molecule is C1=CC2c3c(ccc4c3OC(c3ccccc3)N4)N(c3ccc(C4=NC(C5=CCNC=C5)=NC(C5=CCNC=C5)C4)cc3)C2C=C1. The predicted octanol–water partition coefficient (Wildman–Crippen LogP) is 6.97. The Labute approximate surface area is 268 Å². The predicted molar refractivity (Wildman–Crippen MR) is 186 cm³/mol. The molecule has 226 valence electrons. The Kier molecular flexibility index (Phi) is 6.47. The van der Waals surface area contributed by atoms with Crippen molar-refractivity contribution in [1.29, 1.82) is 0 Å². The molecule has 4 unspecified atom stereocenters. The number of rotatable bonds is 5. The topological polar surface area (TPSA) is 73.3 Å². The highest BCUT2D eigenvalue weighted by atomic mass is 16.5. The van der Waals surface area contributed by atoms with Crippen molar-refractivity contribution in [2.45, 2.75) is 30.7 Å². The molecule has 4 atom stereocenters. The van der Waals surface area contributed by atoms with Crippen molar-refractivity contribution < 1.29 is 4.74 Å². The van der Waals surface area contributed by atoms with Gasteiger partial charge >= 0.3 is 0 Å². The highest BCUT2D eigenvalue weighted by Crippen LogP contribution is 2.56. The number of allylic oxidation sites excluding steroid dienone is 2. The molecule has 6 aliphatic rings. The van der Waals surface area contributed by atoms with E-state index in [0.717, 1.165) is 64.9 Å². The minimum Gasteiger partial charge on any atom is -0.464 e. The van der Waals surface area contributed by atoms with Crippen molar-refractivity contribution in [1.82, 2.24) is 10.6 Å². The Morgan fingerprint density at radius 1 is 0.826 bits per heavy atom. The van der Waals surface area contributed by atoms with Gasteiger partial charge < -0.3 is 25.6 Å². The molecule has 0 aromatic heterocycles. The van der Waals surface area contributed by atoms with Crippen LogP contribution in [0.15, 0.2) is 149 Å². The number of hydrogen-bond donors (Lipinski definition) is 3. The van der Waals surface area contributed by atoms with E-state index in [2.05, 4.69) is 130 Å². The second-order valence-corrected chi connectivity index (χ2v) is 12.2. The molecule has 0 spiro atoms. The lowest BCUT2D eigenvalue weighted by molar-refractivity contribution is 0.257. The van der Waals surface area contributed by atoms with Gasteiger partial charge in [0.2, 0.25) is 0 Å². The second-order valence-electron chi connectivity index (χ2n) is 12.2. The lowest BCUT2D eigenvalue weighted by atomic mass is 9.90. The maximum atomic E-state index is 6.64. The summed E-state index contributed by atoms with van der Waals surface area (Å²) in [4.78, 5) is 12.7. The zero-order valence-electron chi connectivity index (χ0n) is 25.3. The van der Waals surface area contributed by atoms with Crippen LogP contribution in [0.1, 0.15) is 35.3 Å². The molecule has 0 fully saturated rings. The number of benzene rings is 3. The van der Waals surface area contributed by atoms with Crippen LogP contribution in [0.4, 0.5) is 17.1 Å². The van der Waals surface area contributed by atoms with Crippen LogP contribution >= 0.6 is 0 Å². The van der Waals surface area contributed by atoms with Gasteiger partial charge in [0, 0.05) is 53.5 Å². The van der Waals surface area contributed by atoms with E-state index in [4.69, 9.17) is 14.7 Å². The van der Waals surface area contributed by atoms with Crippen LogP contribution in [0.3, 0.4) is 0 Å². The molecule has 3 N–H and O–H groups in total. The summed E-state index contributed by atoms with van der Waals surface area (Å²) < 4.78 is 6.64. The fourth-order valence-corrected chi connectivity index (χ4v) is 7.25. The van der Waals surface area contributed by atoms with Gasteiger partial charge in [-0.3, -0.25) is 4.99 Å². The Hall–Kier alpha value is -5.56. The molecule has 9 rings (SSSR count). The first-order valence-corrected chi connectivity index (χ1v) is 16.1. The summed E-state index contributed by atoms with van der Waals surface area (Å²) in [5.41, 5.74) is 10.2. The quantitative estimate of drug-likeness (QED) is 0.294. The molecule has 0 bridgehead atoms. The lowest BCUT2D eigenvalue weighted by Crippen LogP contribution is -2.28. The van der Waals surface area contributed by atoms with Crippen molar-refractivity contribution in [2.24, 2.45) is 9.98 Å². The van der Waals surface area contributed by atoms with Gasteiger partial charge in [-0.1, -0.05) is 78.9 Å². The second kappa shape index (κ2) is 11.1. The van der Waals surface area contributed by atoms with Crippen molar-refractivity contribution in [3.8, 4) is 5.75 Å². The van der Waals surface area contributed by atoms with E-state index in [9.17, 15) is 0 Å². The number of anilines is 3. The minimum atomic E-state index is -0.196. The van der Waals surface area contributed by atoms with Gasteiger partial charge in [0.1, 0.15) is 0 Å². The molecule has 5 aliphatic heterocycles. The Morgan fingerprint density at radius 3 is 2.46 bits per heavy atom. The third-order valence-electron chi connectivity index (χ3n) is 9.49. The summed E-state index contributed by atoms with van der Waals surface area (Å²) in [6.45, 7) is 1.60. The van der Waals surface area contributed by atoms with Gasteiger partial charge in [-0.15, -0.1) is 0 Å². The van der Waals surface area contributed by atoms with E-state index in [1.165, 1.54) is 16.8 Å². The van der Waals surface area contributed by atoms with E-state index in [-0.39, 0.29) is 24.2 Å². The van der Waals surface area contributed by atoms with Crippen LogP contribution in [-0.4, -0.2) is 36.7 Å². The van der Waals surface area contributed by atoms with Gasteiger partial charge in [0.05, 0.1) is 23.5 Å². The Morgan fingerprint density at radius 2 is 1.65 bits per heavy atom. The van der Waals surface area contributed by atoms with E-state index in [1.54, 1.807) is 0 Å². The van der Waals surface area contributed by atoms with Crippen molar-refractivity contribution >= 4 is 28.6 Å². The van der Waals surface area contributed by atoms with E-state index in [1.807, 2.05) is 18.5 Å². The van der Waals surface area contributed by atoms with Gasteiger partial charge in [0.25, 0.3) is 0 Å². The molecule has 46 heavy (non-hydrogen) atoms. The van der Waals surface area contributed by atoms with Gasteiger partial charge in [-0.05, 0) is 60.0 Å². The van der Waals surface area contributed by atoms with Gasteiger partial charge in [0.15, 0.2) is 17.8 Å². The largest absolute Gasteiger partial charge is 0.464 e. The average molecular weight is 603 g/mol. The molecule has 3 aromatic carbocycles. The number of nitrogens with zero attached hydrogens (tertiary/aromatic N) is 3. The highest BCUT2D eigenvalue weighted by Gasteiger charge is 2.42. The smallest absolute Gasteiger partial charge is 0.196 e. The van der Waals surface area contributed by atoms with Crippen LogP contribution in [0, 0.1) is 0 Å². The summed E-state index contributed by atoms with van der Waals surface area (Å²) in [5.74, 6) is 1.95. The fourth-order valence-electron chi connectivity index (χ4n) is 7.25. The third kappa shape index (κ3) is 4.58. The van der Waals surface area contributed by atoms with Crippen LogP contribution in [0.5, 0.6) is 5.75 Å². The maximum absolute atomic E-state index is 6.64. The van der Waals surface area contributed by atoms with E-state index < -0.39 is 0 Å². The summed E-state index contributed by atoms with van der Waals surface area (Å²) in [6.07, 6.45) is 22.1. The number of fused-ring (bicyclic) bond motifs is 5. The first-order chi connectivity index (χ1) is 22.8. The molecule has 7 nitrogen and oxygen atoms in total. The number of amidine groups is 1.